The smallest absolute Gasteiger partial charge is 0.228 e. The molecule has 0 radical (unpaired) electrons. The number of nitrogens with one attached hydrogen (secondary N) is 1. The molecule has 0 aliphatic heterocycles. The molecule has 1 amide bonds. The first-order valence-electron chi connectivity index (χ1n) is 7.65. The monoisotopic (exact) mass is 299 g/mol. The van der Waals surface area contributed by atoms with Crippen molar-refractivity contribution in [2.45, 2.75) is 39.0 Å². The molecule has 0 spiro atoms. The van der Waals surface area contributed by atoms with E-state index in [1.807, 2.05) is 39.0 Å². The minimum absolute atomic E-state index is 0.0184. The molecule has 2 atom stereocenters. The van der Waals surface area contributed by atoms with E-state index in [1.54, 1.807) is 12.3 Å². The maximum atomic E-state index is 12.4. The predicted molar refractivity (Wildman–Crippen MR) is 85.1 cm³/mol. The Morgan fingerprint density at radius 2 is 2.18 bits per heavy atom. The maximum absolute atomic E-state index is 12.4. The Morgan fingerprint density at radius 1 is 1.41 bits per heavy atom. The van der Waals surface area contributed by atoms with Gasteiger partial charge in [0.05, 0.1) is 6.26 Å². The number of phenols is 1. The van der Waals surface area contributed by atoms with Gasteiger partial charge in [0.1, 0.15) is 11.5 Å². The number of benzene rings is 1. The molecule has 1 aliphatic carbocycles. The van der Waals surface area contributed by atoms with Gasteiger partial charge in [-0.05, 0) is 54.7 Å². The Labute approximate surface area is 130 Å². The van der Waals surface area contributed by atoms with Gasteiger partial charge in [-0.1, -0.05) is 13.8 Å². The topological polar surface area (TPSA) is 62.5 Å². The van der Waals surface area contributed by atoms with Gasteiger partial charge in [-0.3, -0.25) is 4.79 Å². The summed E-state index contributed by atoms with van der Waals surface area (Å²) in [5, 5.41) is 13.0. The van der Waals surface area contributed by atoms with Gasteiger partial charge in [0, 0.05) is 17.5 Å². The summed E-state index contributed by atoms with van der Waals surface area (Å²) in [6.45, 7) is 5.92. The number of hydrogen-bond donors (Lipinski definition) is 2. The second kappa shape index (κ2) is 5.52. The van der Waals surface area contributed by atoms with Crippen molar-refractivity contribution < 1.29 is 14.3 Å². The fourth-order valence-corrected chi connectivity index (χ4v) is 2.83. The number of amides is 1. The zero-order valence-corrected chi connectivity index (χ0v) is 13.1. The molecule has 22 heavy (non-hydrogen) atoms. The fraction of sp³-hybridized carbons (Fsp3) is 0.389. The van der Waals surface area contributed by atoms with Crippen molar-refractivity contribution >= 4 is 11.6 Å². The first-order valence-corrected chi connectivity index (χ1v) is 7.65. The molecule has 3 rings (SSSR count). The number of furan rings is 1. The highest BCUT2D eigenvalue weighted by Gasteiger charge is 2.45. The van der Waals surface area contributed by atoms with Crippen LogP contribution in [0, 0.1) is 12.8 Å². The molecule has 1 aromatic heterocycles. The van der Waals surface area contributed by atoms with Crippen LogP contribution in [0.25, 0.3) is 0 Å². The van der Waals surface area contributed by atoms with Gasteiger partial charge in [-0.2, -0.15) is 0 Å². The molecule has 1 fully saturated rings. The Bertz CT molecular complexity index is 689. The van der Waals surface area contributed by atoms with Crippen molar-refractivity contribution in [2.24, 2.45) is 5.92 Å². The van der Waals surface area contributed by atoms with Crippen LogP contribution in [0.15, 0.2) is 34.9 Å². The fourth-order valence-electron chi connectivity index (χ4n) is 2.83. The maximum Gasteiger partial charge on any atom is 0.228 e. The van der Waals surface area contributed by atoms with Crippen molar-refractivity contribution in [1.29, 1.82) is 0 Å². The molecule has 0 saturated heterocycles. The zero-order valence-electron chi connectivity index (χ0n) is 13.1. The molecule has 116 valence electrons. The van der Waals surface area contributed by atoms with Crippen LogP contribution in [0.4, 0.5) is 5.69 Å². The minimum atomic E-state index is -0.0261. The van der Waals surface area contributed by atoms with E-state index in [1.165, 1.54) is 0 Å². The number of phenolic OH excluding ortho intramolecular Hbond substituents is 1. The Kier molecular flexibility index (Phi) is 3.69. The zero-order chi connectivity index (χ0) is 15.9. The highest BCUT2D eigenvalue weighted by atomic mass is 16.3. The summed E-state index contributed by atoms with van der Waals surface area (Å²) >= 11 is 0. The van der Waals surface area contributed by atoms with Crippen molar-refractivity contribution in [3.63, 3.8) is 0 Å². The number of rotatable bonds is 4. The highest BCUT2D eigenvalue weighted by molar-refractivity contribution is 5.96. The van der Waals surface area contributed by atoms with E-state index in [0.29, 0.717) is 0 Å². The van der Waals surface area contributed by atoms with Gasteiger partial charge in [-0.25, -0.2) is 0 Å². The number of hydrogen-bond acceptors (Lipinski definition) is 3. The second-order valence-electron chi connectivity index (χ2n) is 6.33. The van der Waals surface area contributed by atoms with Crippen LogP contribution in [0.1, 0.15) is 49.0 Å². The van der Waals surface area contributed by atoms with Crippen molar-refractivity contribution in [3.8, 4) is 5.75 Å². The largest absolute Gasteiger partial charge is 0.508 e. The summed E-state index contributed by atoms with van der Waals surface area (Å²) in [5.74, 6) is 1.55. The van der Waals surface area contributed by atoms with Gasteiger partial charge < -0.3 is 14.8 Å². The summed E-state index contributed by atoms with van der Waals surface area (Å²) in [6, 6.07) is 7.35. The van der Waals surface area contributed by atoms with Crippen molar-refractivity contribution in [1.82, 2.24) is 0 Å². The number of aryl methyl sites for hydroxylation is 1. The summed E-state index contributed by atoms with van der Waals surface area (Å²) in [6.07, 6.45) is 2.47. The molecule has 2 N–H and O–H groups in total. The lowest BCUT2D eigenvalue weighted by Crippen LogP contribution is -2.15. The minimum Gasteiger partial charge on any atom is -0.508 e. The molecular formula is C18H21NO3. The van der Waals surface area contributed by atoms with Crippen LogP contribution in [0.2, 0.25) is 0 Å². The van der Waals surface area contributed by atoms with Crippen LogP contribution < -0.4 is 5.32 Å². The lowest BCUT2D eigenvalue weighted by Gasteiger charge is -2.14. The first kappa shape index (κ1) is 14.7. The lowest BCUT2D eigenvalue weighted by atomic mass is 9.99. The average Bonchev–Trinajstić information content (AvgIpc) is 3.07. The number of aromatic hydroxyl groups is 1. The van der Waals surface area contributed by atoms with Crippen LogP contribution >= 0.6 is 0 Å². The lowest BCUT2D eigenvalue weighted by molar-refractivity contribution is -0.117. The van der Waals surface area contributed by atoms with Crippen LogP contribution in [0.3, 0.4) is 0 Å². The Hall–Kier alpha value is -2.23. The third kappa shape index (κ3) is 2.73. The average molecular weight is 299 g/mol. The number of carbonyl (C=O) groups excluding carboxylic acids is 1. The van der Waals surface area contributed by atoms with E-state index in [4.69, 9.17) is 4.42 Å². The van der Waals surface area contributed by atoms with Crippen LogP contribution in [-0.4, -0.2) is 11.0 Å². The Morgan fingerprint density at radius 3 is 2.82 bits per heavy atom. The van der Waals surface area contributed by atoms with E-state index in [-0.39, 0.29) is 29.4 Å². The molecule has 4 heteroatoms. The quantitative estimate of drug-likeness (QED) is 0.833. The normalized spacial score (nSPS) is 20.2. The molecule has 1 saturated carbocycles. The third-order valence-corrected chi connectivity index (χ3v) is 4.29. The van der Waals surface area contributed by atoms with Crippen LogP contribution in [-0.2, 0) is 4.79 Å². The molecule has 1 aromatic carbocycles. The molecule has 2 aromatic rings. The standard InChI is InChI=1S/C18H21NO3/c1-10(2)12-9-15(11(3)7-16(12)20)19-18(21)14-8-13(14)17-5-4-6-22-17/h4-7,9-10,13-14,20H,8H2,1-3H3,(H,19,21). The summed E-state index contributed by atoms with van der Waals surface area (Å²) in [4.78, 5) is 12.4. The molecule has 2 unspecified atom stereocenters. The third-order valence-electron chi connectivity index (χ3n) is 4.29. The predicted octanol–water partition coefficient (Wildman–Crippen LogP) is 4.16. The van der Waals surface area contributed by atoms with Gasteiger partial charge in [0.25, 0.3) is 0 Å². The van der Waals surface area contributed by atoms with Gasteiger partial charge in [-0.15, -0.1) is 0 Å². The van der Waals surface area contributed by atoms with Crippen molar-refractivity contribution in [3.05, 3.63) is 47.4 Å². The van der Waals surface area contributed by atoms with E-state index < -0.39 is 0 Å². The SMILES string of the molecule is Cc1cc(O)c(C(C)C)cc1NC(=O)C1CC1c1ccco1. The molecule has 1 aliphatic rings. The van der Waals surface area contributed by atoms with Gasteiger partial charge in [0.2, 0.25) is 5.91 Å². The van der Waals surface area contributed by atoms with Gasteiger partial charge >= 0.3 is 0 Å². The van der Waals surface area contributed by atoms with E-state index >= 15 is 0 Å². The van der Waals surface area contributed by atoms with E-state index in [0.717, 1.165) is 29.0 Å². The van der Waals surface area contributed by atoms with E-state index in [9.17, 15) is 9.90 Å². The van der Waals surface area contributed by atoms with Crippen molar-refractivity contribution in [2.75, 3.05) is 5.32 Å². The summed E-state index contributed by atoms with van der Waals surface area (Å²) in [5.41, 5.74) is 2.49. The van der Waals surface area contributed by atoms with E-state index in [2.05, 4.69) is 5.32 Å². The number of carbonyl (C=O) groups is 1. The van der Waals surface area contributed by atoms with Crippen LogP contribution in [0.5, 0.6) is 5.75 Å². The molecule has 1 heterocycles. The van der Waals surface area contributed by atoms with Gasteiger partial charge in [0.15, 0.2) is 0 Å². The second-order valence-corrected chi connectivity index (χ2v) is 6.33. The molecular weight excluding hydrogens is 278 g/mol. The summed E-state index contributed by atoms with van der Waals surface area (Å²) in [7, 11) is 0. The molecule has 0 bridgehead atoms. The highest BCUT2D eigenvalue weighted by Crippen LogP contribution is 2.48. The molecule has 4 nitrogen and oxygen atoms in total. The Balaban J connectivity index is 1.74. The summed E-state index contributed by atoms with van der Waals surface area (Å²) < 4.78 is 5.37. The first-order chi connectivity index (χ1) is 10.5. The number of anilines is 1.